The summed E-state index contributed by atoms with van der Waals surface area (Å²) < 4.78 is 0. The summed E-state index contributed by atoms with van der Waals surface area (Å²) in [6.07, 6.45) is 2.85. The van der Waals surface area contributed by atoms with Crippen molar-refractivity contribution in [2.45, 2.75) is 45.6 Å². The fourth-order valence-electron chi connectivity index (χ4n) is 2.75. The summed E-state index contributed by atoms with van der Waals surface area (Å²) in [5, 5.41) is 2.84. The molecule has 0 radical (unpaired) electrons. The van der Waals surface area contributed by atoms with E-state index in [4.69, 9.17) is 0 Å². The van der Waals surface area contributed by atoms with Gasteiger partial charge in [0.15, 0.2) is 0 Å². The van der Waals surface area contributed by atoms with Gasteiger partial charge in [0, 0.05) is 19.5 Å². The van der Waals surface area contributed by atoms with E-state index in [1.54, 1.807) is 0 Å². The molecule has 1 fully saturated rings. The number of carbonyl (C=O) groups excluding carboxylic acids is 2. The van der Waals surface area contributed by atoms with E-state index in [0.717, 1.165) is 12.8 Å². The Kier molecular flexibility index (Phi) is 5.37. The normalized spacial score (nSPS) is 19.3. The van der Waals surface area contributed by atoms with Crippen molar-refractivity contribution in [3.05, 3.63) is 35.4 Å². The van der Waals surface area contributed by atoms with Crippen molar-refractivity contribution in [2.75, 3.05) is 13.1 Å². The average molecular weight is 288 g/mol. The SMILES string of the molecule is CCCC1NC(=O)CCN(CCc2ccccc2C)C1=O. The van der Waals surface area contributed by atoms with Crippen molar-refractivity contribution in [3.63, 3.8) is 0 Å². The molecule has 1 unspecified atom stereocenters. The molecule has 1 saturated heterocycles. The highest BCUT2D eigenvalue weighted by atomic mass is 16.2. The lowest BCUT2D eigenvalue weighted by Gasteiger charge is -2.24. The predicted molar refractivity (Wildman–Crippen MR) is 82.9 cm³/mol. The van der Waals surface area contributed by atoms with Gasteiger partial charge in [-0.05, 0) is 30.9 Å². The second-order valence-corrected chi connectivity index (χ2v) is 5.66. The van der Waals surface area contributed by atoms with Crippen LogP contribution in [0.4, 0.5) is 0 Å². The lowest BCUT2D eigenvalue weighted by molar-refractivity contribution is -0.133. The van der Waals surface area contributed by atoms with E-state index >= 15 is 0 Å². The van der Waals surface area contributed by atoms with Crippen LogP contribution >= 0.6 is 0 Å². The first kappa shape index (κ1) is 15.5. The smallest absolute Gasteiger partial charge is 0.245 e. The highest BCUT2D eigenvalue weighted by Crippen LogP contribution is 2.12. The fraction of sp³-hybridized carbons (Fsp3) is 0.529. The molecule has 1 atom stereocenters. The number of carbonyl (C=O) groups is 2. The lowest BCUT2D eigenvalue weighted by atomic mass is 10.1. The zero-order valence-electron chi connectivity index (χ0n) is 12.9. The van der Waals surface area contributed by atoms with Gasteiger partial charge in [0.25, 0.3) is 0 Å². The van der Waals surface area contributed by atoms with Gasteiger partial charge in [-0.1, -0.05) is 37.6 Å². The molecule has 0 saturated carbocycles. The largest absolute Gasteiger partial charge is 0.344 e. The number of aryl methyl sites for hydroxylation is 1. The van der Waals surface area contributed by atoms with Crippen LogP contribution in [-0.2, 0) is 16.0 Å². The maximum atomic E-state index is 12.5. The zero-order valence-corrected chi connectivity index (χ0v) is 12.9. The van der Waals surface area contributed by atoms with Crippen LogP contribution in [0.5, 0.6) is 0 Å². The van der Waals surface area contributed by atoms with Crippen LogP contribution in [0.1, 0.15) is 37.3 Å². The molecule has 2 amide bonds. The van der Waals surface area contributed by atoms with E-state index < -0.39 is 0 Å². The Morgan fingerprint density at radius 1 is 1.29 bits per heavy atom. The second kappa shape index (κ2) is 7.25. The van der Waals surface area contributed by atoms with E-state index in [1.807, 2.05) is 24.0 Å². The maximum Gasteiger partial charge on any atom is 0.245 e. The highest BCUT2D eigenvalue weighted by molar-refractivity contribution is 5.89. The van der Waals surface area contributed by atoms with Crippen LogP contribution in [-0.4, -0.2) is 35.8 Å². The molecule has 4 heteroatoms. The summed E-state index contributed by atoms with van der Waals surface area (Å²) in [5.74, 6) is 0.0523. The Bertz CT molecular complexity index is 513. The number of nitrogens with one attached hydrogen (secondary N) is 1. The number of rotatable bonds is 5. The van der Waals surface area contributed by atoms with Crippen molar-refractivity contribution < 1.29 is 9.59 Å². The van der Waals surface area contributed by atoms with Crippen LogP contribution < -0.4 is 5.32 Å². The molecule has 4 nitrogen and oxygen atoms in total. The van der Waals surface area contributed by atoms with E-state index in [0.29, 0.717) is 25.9 Å². The van der Waals surface area contributed by atoms with Crippen LogP contribution in [0.2, 0.25) is 0 Å². The first-order valence-electron chi connectivity index (χ1n) is 7.74. The molecule has 1 aromatic rings. The summed E-state index contributed by atoms with van der Waals surface area (Å²) in [6, 6.07) is 7.89. The molecule has 1 heterocycles. The van der Waals surface area contributed by atoms with Crippen molar-refractivity contribution in [1.82, 2.24) is 10.2 Å². The topological polar surface area (TPSA) is 49.4 Å². The lowest BCUT2D eigenvalue weighted by Crippen LogP contribution is -2.45. The minimum atomic E-state index is -0.345. The first-order valence-corrected chi connectivity index (χ1v) is 7.74. The van der Waals surface area contributed by atoms with Gasteiger partial charge in [0.1, 0.15) is 6.04 Å². The van der Waals surface area contributed by atoms with E-state index in [9.17, 15) is 9.59 Å². The number of hydrogen-bond donors (Lipinski definition) is 1. The van der Waals surface area contributed by atoms with Gasteiger partial charge < -0.3 is 10.2 Å². The van der Waals surface area contributed by atoms with Crippen molar-refractivity contribution in [3.8, 4) is 0 Å². The minimum absolute atomic E-state index is 0.0137. The Morgan fingerprint density at radius 2 is 2.05 bits per heavy atom. The molecule has 1 aliphatic rings. The number of amides is 2. The highest BCUT2D eigenvalue weighted by Gasteiger charge is 2.28. The molecule has 114 valence electrons. The molecule has 1 aromatic carbocycles. The third-order valence-electron chi connectivity index (χ3n) is 4.04. The molecule has 0 spiro atoms. The molecule has 21 heavy (non-hydrogen) atoms. The number of nitrogens with zero attached hydrogens (tertiary/aromatic N) is 1. The number of benzene rings is 1. The van der Waals surface area contributed by atoms with E-state index in [1.165, 1.54) is 11.1 Å². The van der Waals surface area contributed by atoms with Gasteiger partial charge in [0.2, 0.25) is 11.8 Å². The fourth-order valence-corrected chi connectivity index (χ4v) is 2.75. The summed E-state index contributed by atoms with van der Waals surface area (Å²) in [4.78, 5) is 26.0. The number of hydrogen-bond acceptors (Lipinski definition) is 2. The molecule has 1 aliphatic heterocycles. The molecule has 1 N–H and O–H groups in total. The van der Waals surface area contributed by atoms with Crippen LogP contribution in [0, 0.1) is 6.92 Å². The Morgan fingerprint density at radius 3 is 2.76 bits per heavy atom. The predicted octanol–water partition coefficient (Wildman–Crippen LogP) is 2.05. The molecular formula is C17H24N2O2. The van der Waals surface area contributed by atoms with Crippen molar-refractivity contribution >= 4 is 11.8 Å². The quantitative estimate of drug-likeness (QED) is 0.901. The van der Waals surface area contributed by atoms with Crippen LogP contribution in [0.25, 0.3) is 0 Å². The third kappa shape index (κ3) is 4.06. The molecule has 0 aromatic heterocycles. The first-order chi connectivity index (χ1) is 10.1. The summed E-state index contributed by atoms with van der Waals surface area (Å²) >= 11 is 0. The van der Waals surface area contributed by atoms with Crippen molar-refractivity contribution in [1.29, 1.82) is 0 Å². The van der Waals surface area contributed by atoms with E-state index in [-0.39, 0.29) is 17.9 Å². The maximum absolute atomic E-state index is 12.5. The van der Waals surface area contributed by atoms with Gasteiger partial charge in [-0.25, -0.2) is 0 Å². The monoisotopic (exact) mass is 288 g/mol. The van der Waals surface area contributed by atoms with Gasteiger partial charge in [-0.2, -0.15) is 0 Å². The minimum Gasteiger partial charge on any atom is -0.344 e. The van der Waals surface area contributed by atoms with Crippen molar-refractivity contribution in [2.24, 2.45) is 0 Å². The van der Waals surface area contributed by atoms with Crippen LogP contribution in [0.15, 0.2) is 24.3 Å². The Labute approximate surface area is 126 Å². The van der Waals surface area contributed by atoms with Gasteiger partial charge in [0.05, 0.1) is 0 Å². The zero-order chi connectivity index (χ0) is 15.2. The molecule has 0 aliphatic carbocycles. The summed E-state index contributed by atoms with van der Waals surface area (Å²) in [7, 11) is 0. The average Bonchev–Trinajstić information content (AvgIpc) is 2.60. The van der Waals surface area contributed by atoms with Gasteiger partial charge >= 0.3 is 0 Å². The third-order valence-corrected chi connectivity index (χ3v) is 4.04. The summed E-state index contributed by atoms with van der Waals surface area (Å²) in [6.45, 7) is 5.32. The Hall–Kier alpha value is -1.84. The summed E-state index contributed by atoms with van der Waals surface area (Å²) in [5.41, 5.74) is 2.51. The van der Waals surface area contributed by atoms with Gasteiger partial charge in [-0.3, -0.25) is 9.59 Å². The molecule has 2 rings (SSSR count). The molecular weight excluding hydrogens is 264 g/mol. The second-order valence-electron chi connectivity index (χ2n) is 5.66. The standard InChI is InChI=1S/C17H24N2O2/c1-3-6-15-17(21)19(12-10-16(20)18-15)11-9-14-8-5-4-7-13(14)2/h4-5,7-8,15H,3,6,9-12H2,1-2H3,(H,18,20). The molecule has 0 bridgehead atoms. The van der Waals surface area contributed by atoms with Crippen LogP contribution in [0.3, 0.4) is 0 Å². The van der Waals surface area contributed by atoms with E-state index in [2.05, 4.69) is 24.4 Å². The van der Waals surface area contributed by atoms with Gasteiger partial charge in [-0.15, -0.1) is 0 Å². The Balaban J connectivity index is 2.02.